The van der Waals surface area contributed by atoms with E-state index >= 15 is 0 Å². The molecule has 96 valence electrons. The lowest BCUT2D eigenvalue weighted by atomic mass is 10.1. The van der Waals surface area contributed by atoms with Gasteiger partial charge in [0.05, 0.1) is 18.9 Å². The van der Waals surface area contributed by atoms with Crippen LogP contribution < -0.4 is 0 Å². The number of nitrogens with zero attached hydrogens (tertiary/aromatic N) is 2. The highest BCUT2D eigenvalue weighted by atomic mass is 16.4. The topological polar surface area (TPSA) is 77.9 Å². The van der Waals surface area contributed by atoms with Crippen LogP contribution in [0.15, 0.2) is 0 Å². The number of carbonyl (C=O) groups is 3. The van der Waals surface area contributed by atoms with Crippen molar-refractivity contribution in [3.8, 4) is 0 Å². The number of imide groups is 1. The molecule has 17 heavy (non-hydrogen) atoms. The lowest BCUT2D eigenvalue weighted by Gasteiger charge is -2.30. The fourth-order valence-corrected chi connectivity index (χ4v) is 1.99. The summed E-state index contributed by atoms with van der Waals surface area (Å²) in [5, 5.41) is 8.67. The molecule has 0 spiro atoms. The minimum absolute atomic E-state index is 0.0279. The van der Waals surface area contributed by atoms with Crippen molar-refractivity contribution in [2.24, 2.45) is 0 Å². The van der Waals surface area contributed by atoms with Crippen molar-refractivity contribution >= 4 is 17.8 Å². The van der Waals surface area contributed by atoms with Crippen LogP contribution in [0.3, 0.4) is 0 Å². The number of likely N-dealkylation sites (N-methyl/N-ethyl adjacent to an activating group) is 1. The van der Waals surface area contributed by atoms with Gasteiger partial charge in [0.1, 0.15) is 0 Å². The normalized spacial score (nSPS) is 20.8. The van der Waals surface area contributed by atoms with Crippen LogP contribution in [-0.2, 0) is 14.4 Å². The van der Waals surface area contributed by atoms with Gasteiger partial charge in [0.15, 0.2) is 0 Å². The van der Waals surface area contributed by atoms with Gasteiger partial charge in [-0.05, 0) is 13.8 Å². The number of carbonyl (C=O) groups excluding carboxylic acids is 2. The first-order valence-corrected chi connectivity index (χ1v) is 5.62. The Morgan fingerprint density at radius 3 is 2.47 bits per heavy atom. The second kappa shape index (κ2) is 5.27. The first kappa shape index (κ1) is 13.6. The van der Waals surface area contributed by atoms with Crippen LogP contribution in [-0.4, -0.2) is 58.4 Å². The maximum absolute atomic E-state index is 11.8. The van der Waals surface area contributed by atoms with Crippen molar-refractivity contribution in [1.82, 2.24) is 9.80 Å². The van der Waals surface area contributed by atoms with E-state index in [-0.39, 0.29) is 37.2 Å². The van der Waals surface area contributed by atoms with E-state index in [4.69, 9.17) is 5.11 Å². The van der Waals surface area contributed by atoms with Crippen LogP contribution >= 0.6 is 0 Å². The molecule has 1 rings (SSSR count). The number of likely N-dealkylation sites (tertiary alicyclic amines) is 1. The van der Waals surface area contributed by atoms with E-state index < -0.39 is 12.0 Å². The number of hydrogen-bond donors (Lipinski definition) is 1. The van der Waals surface area contributed by atoms with E-state index in [0.717, 1.165) is 4.90 Å². The minimum Gasteiger partial charge on any atom is -0.481 e. The van der Waals surface area contributed by atoms with E-state index in [1.807, 2.05) is 13.8 Å². The van der Waals surface area contributed by atoms with Gasteiger partial charge in [-0.1, -0.05) is 0 Å². The predicted octanol–water partition coefficient (Wildman–Crippen LogP) is -0.0712. The Morgan fingerprint density at radius 1 is 1.53 bits per heavy atom. The van der Waals surface area contributed by atoms with E-state index in [1.165, 1.54) is 7.05 Å². The Balaban J connectivity index is 2.75. The summed E-state index contributed by atoms with van der Waals surface area (Å²) in [6.07, 6.45) is 0.118. The standard InChI is InChI=1S/C11H18N2O4/c1-7(2)13(5-4-10(15)16)8-6-9(14)12(3)11(8)17/h7-8H,4-6H2,1-3H3,(H,15,16). The van der Waals surface area contributed by atoms with Gasteiger partial charge >= 0.3 is 5.97 Å². The molecule has 6 nitrogen and oxygen atoms in total. The molecule has 1 aliphatic rings. The summed E-state index contributed by atoms with van der Waals surface area (Å²) < 4.78 is 0. The molecule has 1 N–H and O–H groups in total. The Kier molecular flexibility index (Phi) is 4.22. The molecule has 2 amide bonds. The molecule has 0 aromatic rings. The van der Waals surface area contributed by atoms with Gasteiger partial charge < -0.3 is 5.11 Å². The predicted molar refractivity (Wildman–Crippen MR) is 60.3 cm³/mol. The summed E-state index contributed by atoms with van der Waals surface area (Å²) in [6.45, 7) is 4.06. The quantitative estimate of drug-likeness (QED) is 0.683. The number of hydrogen-bond acceptors (Lipinski definition) is 4. The molecule has 1 unspecified atom stereocenters. The number of carboxylic acid groups (broad SMARTS) is 1. The zero-order valence-electron chi connectivity index (χ0n) is 10.3. The van der Waals surface area contributed by atoms with Crippen LogP contribution in [0.1, 0.15) is 26.7 Å². The van der Waals surface area contributed by atoms with Crippen molar-refractivity contribution in [3.05, 3.63) is 0 Å². The lowest BCUT2D eigenvalue weighted by Crippen LogP contribution is -2.45. The van der Waals surface area contributed by atoms with Gasteiger partial charge in [0.2, 0.25) is 11.8 Å². The zero-order valence-corrected chi connectivity index (χ0v) is 10.3. The summed E-state index contributed by atoms with van der Waals surface area (Å²) in [5.41, 5.74) is 0. The maximum atomic E-state index is 11.8. The highest BCUT2D eigenvalue weighted by Crippen LogP contribution is 2.19. The Hall–Kier alpha value is -1.43. The second-order valence-electron chi connectivity index (χ2n) is 4.49. The summed E-state index contributed by atoms with van der Waals surface area (Å²) >= 11 is 0. The molecule has 0 aromatic heterocycles. The molecule has 0 aromatic carbocycles. The molecule has 0 radical (unpaired) electrons. The molecule has 0 saturated carbocycles. The van der Waals surface area contributed by atoms with Crippen molar-refractivity contribution in [2.45, 2.75) is 38.8 Å². The monoisotopic (exact) mass is 242 g/mol. The molecule has 0 aliphatic carbocycles. The molecular formula is C11H18N2O4. The molecule has 1 saturated heterocycles. The van der Waals surface area contributed by atoms with E-state index in [0.29, 0.717) is 0 Å². The number of carboxylic acids is 1. The van der Waals surface area contributed by atoms with Gasteiger partial charge in [-0.25, -0.2) is 0 Å². The van der Waals surface area contributed by atoms with Gasteiger partial charge in [0.25, 0.3) is 0 Å². The van der Waals surface area contributed by atoms with Crippen LogP contribution in [0.4, 0.5) is 0 Å². The van der Waals surface area contributed by atoms with Gasteiger partial charge in [-0.15, -0.1) is 0 Å². The van der Waals surface area contributed by atoms with Gasteiger partial charge in [-0.2, -0.15) is 0 Å². The van der Waals surface area contributed by atoms with Crippen molar-refractivity contribution in [3.63, 3.8) is 0 Å². The second-order valence-corrected chi connectivity index (χ2v) is 4.49. The zero-order chi connectivity index (χ0) is 13.2. The lowest BCUT2D eigenvalue weighted by molar-refractivity contribution is -0.140. The third-order valence-corrected chi connectivity index (χ3v) is 3.01. The molecule has 6 heteroatoms. The van der Waals surface area contributed by atoms with E-state index in [1.54, 1.807) is 4.90 Å². The largest absolute Gasteiger partial charge is 0.481 e. The van der Waals surface area contributed by atoms with Crippen molar-refractivity contribution in [1.29, 1.82) is 0 Å². The molecule has 0 bridgehead atoms. The van der Waals surface area contributed by atoms with E-state index in [9.17, 15) is 14.4 Å². The smallest absolute Gasteiger partial charge is 0.304 e. The summed E-state index contributed by atoms with van der Waals surface area (Å²) in [7, 11) is 1.46. The van der Waals surface area contributed by atoms with Crippen molar-refractivity contribution in [2.75, 3.05) is 13.6 Å². The molecule has 1 heterocycles. The fraction of sp³-hybridized carbons (Fsp3) is 0.727. The average Bonchev–Trinajstić information content (AvgIpc) is 2.46. The molecule has 1 atom stereocenters. The summed E-state index contributed by atoms with van der Waals surface area (Å²) in [6, 6.07) is -0.477. The minimum atomic E-state index is -0.902. The first-order chi connectivity index (χ1) is 7.84. The Labute approximate surface area is 100 Å². The van der Waals surface area contributed by atoms with Crippen LogP contribution in [0.5, 0.6) is 0 Å². The van der Waals surface area contributed by atoms with Crippen molar-refractivity contribution < 1.29 is 19.5 Å². The SMILES string of the molecule is CC(C)N(CCC(=O)O)C1CC(=O)N(C)C1=O. The van der Waals surface area contributed by atoms with Crippen LogP contribution in [0, 0.1) is 0 Å². The number of aliphatic carboxylic acids is 1. The summed E-state index contributed by atoms with van der Waals surface area (Å²) in [5.74, 6) is -1.35. The third kappa shape index (κ3) is 3.03. The van der Waals surface area contributed by atoms with Gasteiger partial charge in [-0.3, -0.25) is 24.2 Å². The highest BCUT2D eigenvalue weighted by molar-refractivity contribution is 6.05. The van der Waals surface area contributed by atoms with E-state index in [2.05, 4.69) is 0 Å². The first-order valence-electron chi connectivity index (χ1n) is 5.62. The summed E-state index contributed by atoms with van der Waals surface area (Å²) in [4.78, 5) is 36.7. The molecule has 1 fully saturated rings. The maximum Gasteiger partial charge on any atom is 0.304 e. The van der Waals surface area contributed by atoms with Crippen LogP contribution in [0.2, 0.25) is 0 Å². The highest BCUT2D eigenvalue weighted by Gasteiger charge is 2.40. The third-order valence-electron chi connectivity index (χ3n) is 3.01. The average molecular weight is 242 g/mol. The Morgan fingerprint density at radius 2 is 2.12 bits per heavy atom. The number of rotatable bonds is 5. The Bertz CT molecular complexity index is 340. The van der Waals surface area contributed by atoms with Crippen LogP contribution in [0.25, 0.3) is 0 Å². The fourth-order valence-electron chi connectivity index (χ4n) is 1.99. The number of amides is 2. The molecule has 1 aliphatic heterocycles. The molecular weight excluding hydrogens is 224 g/mol. The van der Waals surface area contributed by atoms with Gasteiger partial charge in [0, 0.05) is 19.6 Å².